The molecule has 0 saturated heterocycles. The van der Waals surface area contributed by atoms with E-state index < -0.39 is 0 Å². The Balaban J connectivity index is 2.43. The monoisotopic (exact) mass is 250 g/mol. The van der Waals surface area contributed by atoms with Gasteiger partial charge in [0.15, 0.2) is 0 Å². The smallest absolute Gasteiger partial charge is 0.146 e. The van der Waals surface area contributed by atoms with E-state index >= 15 is 0 Å². The highest BCUT2D eigenvalue weighted by Gasteiger charge is 2.20. The molecule has 4 heteroatoms. The van der Waals surface area contributed by atoms with E-state index in [0.717, 1.165) is 11.4 Å². The second kappa shape index (κ2) is 5.38. The van der Waals surface area contributed by atoms with Gasteiger partial charge < -0.3 is 5.32 Å². The molecule has 2 heterocycles. The number of rotatable bonds is 4. The summed E-state index contributed by atoms with van der Waals surface area (Å²) in [7, 11) is 0. The molecule has 1 N–H and O–H groups in total. The van der Waals surface area contributed by atoms with E-state index in [9.17, 15) is 4.39 Å². The van der Waals surface area contributed by atoms with Crippen molar-refractivity contribution in [2.45, 2.75) is 19.9 Å². The molecule has 0 bridgehead atoms. The van der Waals surface area contributed by atoms with Crippen molar-refractivity contribution in [3.8, 4) is 0 Å². The third-order valence-corrected chi connectivity index (χ3v) is 3.72. The van der Waals surface area contributed by atoms with Crippen LogP contribution in [0.3, 0.4) is 0 Å². The van der Waals surface area contributed by atoms with Crippen LogP contribution in [0.5, 0.6) is 0 Å². The maximum atomic E-state index is 13.8. The van der Waals surface area contributed by atoms with Crippen molar-refractivity contribution < 1.29 is 4.39 Å². The number of hydrogen-bond donors (Lipinski definition) is 1. The summed E-state index contributed by atoms with van der Waals surface area (Å²) in [5, 5.41) is 5.31. The molecular weight excluding hydrogens is 235 g/mol. The lowest BCUT2D eigenvalue weighted by Crippen LogP contribution is -2.23. The molecule has 0 fully saturated rings. The predicted octanol–water partition coefficient (Wildman–Crippen LogP) is 3.29. The highest BCUT2D eigenvalue weighted by atomic mass is 32.1. The van der Waals surface area contributed by atoms with Gasteiger partial charge in [-0.3, -0.25) is 4.98 Å². The fourth-order valence-electron chi connectivity index (χ4n) is 1.81. The fraction of sp³-hybridized carbons (Fsp3) is 0.308. The Morgan fingerprint density at radius 3 is 2.88 bits per heavy atom. The number of hydrogen-bond acceptors (Lipinski definition) is 3. The van der Waals surface area contributed by atoms with Gasteiger partial charge in [-0.25, -0.2) is 4.39 Å². The summed E-state index contributed by atoms with van der Waals surface area (Å²) in [5.41, 5.74) is 1.64. The normalized spacial score (nSPS) is 12.6. The highest BCUT2D eigenvalue weighted by molar-refractivity contribution is 7.10. The maximum absolute atomic E-state index is 13.8. The van der Waals surface area contributed by atoms with E-state index in [0.29, 0.717) is 5.69 Å². The third-order valence-electron chi connectivity index (χ3n) is 2.63. The van der Waals surface area contributed by atoms with Crippen molar-refractivity contribution in [2.75, 3.05) is 6.54 Å². The largest absolute Gasteiger partial charge is 0.304 e. The summed E-state index contributed by atoms with van der Waals surface area (Å²) in [6.07, 6.45) is 1.63. The number of halogens is 1. The number of pyridine rings is 1. The van der Waals surface area contributed by atoms with Crippen LogP contribution in [0.1, 0.15) is 29.1 Å². The van der Waals surface area contributed by atoms with Gasteiger partial charge in [-0.05, 0) is 42.6 Å². The van der Waals surface area contributed by atoms with Crippen molar-refractivity contribution in [1.82, 2.24) is 10.3 Å². The molecule has 2 aromatic heterocycles. The molecule has 1 atom stereocenters. The van der Waals surface area contributed by atoms with Crippen LogP contribution in [0.2, 0.25) is 0 Å². The zero-order valence-corrected chi connectivity index (χ0v) is 10.7. The Bertz CT molecular complexity index is 496. The van der Waals surface area contributed by atoms with Crippen LogP contribution < -0.4 is 5.32 Å². The molecule has 2 rings (SSSR count). The van der Waals surface area contributed by atoms with Crippen molar-refractivity contribution in [3.05, 3.63) is 51.7 Å². The summed E-state index contributed by atoms with van der Waals surface area (Å²) >= 11 is 1.63. The minimum absolute atomic E-state index is 0.152. The van der Waals surface area contributed by atoms with Gasteiger partial charge in [0, 0.05) is 11.1 Å². The summed E-state index contributed by atoms with van der Waals surface area (Å²) < 4.78 is 13.8. The molecule has 0 aliphatic carbocycles. The van der Waals surface area contributed by atoms with Gasteiger partial charge >= 0.3 is 0 Å². The zero-order valence-electron chi connectivity index (χ0n) is 9.90. The Kier molecular flexibility index (Phi) is 3.86. The molecule has 0 aliphatic heterocycles. The van der Waals surface area contributed by atoms with Crippen molar-refractivity contribution in [3.63, 3.8) is 0 Å². The minimum Gasteiger partial charge on any atom is -0.304 e. The molecule has 2 nitrogen and oxygen atoms in total. The summed E-state index contributed by atoms with van der Waals surface area (Å²) in [6.45, 7) is 4.83. The van der Waals surface area contributed by atoms with Crippen molar-refractivity contribution >= 4 is 11.3 Å². The standard InChI is InChI=1S/C13H15FN2S/c1-3-15-12(13-9(2)6-8-17-13)11-10(14)5-4-7-16-11/h4-8,12,15H,3H2,1-2H3. The van der Waals surface area contributed by atoms with Gasteiger partial charge in [-0.2, -0.15) is 0 Å². The van der Waals surface area contributed by atoms with Gasteiger partial charge in [0.05, 0.1) is 11.7 Å². The molecular formula is C13H15FN2S. The Labute approximate surface area is 105 Å². The molecule has 1 unspecified atom stereocenters. The second-order valence-corrected chi connectivity index (χ2v) is 4.78. The van der Waals surface area contributed by atoms with Crippen molar-refractivity contribution in [2.24, 2.45) is 0 Å². The molecule has 17 heavy (non-hydrogen) atoms. The van der Waals surface area contributed by atoms with Crippen LogP contribution in [0, 0.1) is 12.7 Å². The fourth-order valence-corrected chi connectivity index (χ4v) is 2.81. The second-order valence-electron chi connectivity index (χ2n) is 3.83. The number of aromatic nitrogens is 1. The number of thiophene rings is 1. The third kappa shape index (κ3) is 2.53. The summed E-state index contributed by atoms with van der Waals surface area (Å²) in [6, 6.07) is 4.96. The van der Waals surface area contributed by atoms with E-state index in [2.05, 4.69) is 10.3 Å². The molecule has 0 radical (unpaired) electrons. The van der Waals surface area contributed by atoms with Gasteiger partial charge in [-0.1, -0.05) is 6.92 Å². The first kappa shape index (κ1) is 12.2. The average Bonchev–Trinajstić information content (AvgIpc) is 2.74. The lowest BCUT2D eigenvalue weighted by atomic mass is 10.1. The molecule has 0 saturated carbocycles. The number of aryl methyl sites for hydroxylation is 1. The number of nitrogens with zero attached hydrogens (tertiary/aromatic N) is 1. The SMILES string of the molecule is CCNC(c1ncccc1F)c1sccc1C. The Hall–Kier alpha value is -1.26. The zero-order chi connectivity index (χ0) is 12.3. The Morgan fingerprint density at radius 2 is 2.29 bits per heavy atom. The predicted molar refractivity (Wildman–Crippen MR) is 68.8 cm³/mol. The first-order valence-corrected chi connectivity index (χ1v) is 6.49. The van der Waals surface area contributed by atoms with Crippen LogP contribution in [0.25, 0.3) is 0 Å². The summed E-state index contributed by atoms with van der Waals surface area (Å²) in [4.78, 5) is 5.29. The van der Waals surface area contributed by atoms with E-state index in [1.165, 1.54) is 11.6 Å². The van der Waals surface area contributed by atoms with Gasteiger partial charge in [0.25, 0.3) is 0 Å². The average molecular weight is 250 g/mol. The van der Waals surface area contributed by atoms with E-state index in [4.69, 9.17) is 0 Å². The molecule has 2 aromatic rings. The quantitative estimate of drug-likeness (QED) is 0.900. The summed E-state index contributed by atoms with van der Waals surface area (Å²) in [5.74, 6) is -0.258. The highest BCUT2D eigenvalue weighted by Crippen LogP contribution is 2.29. The first-order chi connectivity index (χ1) is 8.24. The van der Waals surface area contributed by atoms with E-state index in [-0.39, 0.29) is 11.9 Å². The van der Waals surface area contributed by atoms with E-state index in [1.807, 2.05) is 25.3 Å². The molecule has 0 amide bonds. The molecule has 90 valence electrons. The minimum atomic E-state index is -0.258. The Morgan fingerprint density at radius 1 is 1.47 bits per heavy atom. The molecule has 0 aliphatic rings. The van der Waals surface area contributed by atoms with Gasteiger partial charge in [0.1, 0.15) is 5.82 Å². The van der Waals surface area contributed by atoms with Crippen LogP contribution in [-0.4, -0.2) is 11.5 Å². The van der Waals surface area contributed by atoms with Crippen molar-refractivity contribution in [1.29, 1.82) is 0 Å². The molecule has 0 aromatic carbocycles. The number of nitrogens with one attached hydrogen (secondary N) is 1. The van der Waals surface area contributed by atoms with E-state index in [1.54, 1.807) is 23.6 Å². The van der Waals surface area contributed by atoms with Crippen LogP contribution in [0.4, 0.5) is 4.39 Å². The first-order valence-electron chi connectivity index (χ1n) is 5.61. The lowest BCUT2D eigenvalue weighted by Gasteiger charge is -2.17. The molecule has 0 spiro atoms. The van der Waals surface area contributed by atoms with Crippen LogP contribution >= 0.6 is 11.3 Å². The van der Waals surface area contributed by atoms with Gasteiger partial charge in [-0.15, -0.1) is 11.3 Å². The van der Waals surface area contributed by atoms with Gasteiger partial charge in [0.2, 0.25) is 0 Å². The van der Waals surface area contributed by atoms with Crippen LogP contribution in [-0.2, 0) is 0 Å². The lowest BCUT2D eigenvalue weighted by molar-refractivity contribution is 0.546. The van der Waals surface area contributed by atoms with Crippen LogP contribution in [0.15, 0.2) is 29.8 Å². The maximum Gasteiger partial charge on any atom is 0.146 e. The topological polar surface area (TPSA) is 24.9 Å².